The van der Waals surface area contributed by atoms with Gasteiger partial charge in [0, 0.05) is 23.3 Å². The van der Waals surface area contributed by atoms with Crippen LogP contribution in [0.3, 0.4) is 0 Å². The van der Waals surface area contributed by atoms with Gasteiger partial charge in [0.05, 0.1) is 0 Å². The first-order valence-electron chi connectivity index (χ1n) is 5.80. The zero-order valence-corrected chi connectivity index (χ0v) is 10.1. The van der Waals surface area contributed by atoms with Crippen molar-refractivity contribution in [2.45, 2.75) is 20.3 Å². The van der Waals surface area contributed by atoms with E-state index >= 15 is 0 Å². The molecule has 2 heteroatoms. The number of hydrogen-bond donors (Lipinski definition) is 0. The van der Waals surface area contributed by atoms with Crippen LogP contribution >= 0.6 is 0 Å². The molecule has 0 fully saturated rings. The van der Waals surface area contributed by atoms with Crippen molar-refractivity contribution in [3.05, 3.63) is 53.9 Å². The Kier molecular flexibility index (Phi) is 3.33. The van der Waals surface area contributed by atoms with Crippen molar-refractivity contribution >= 4 is 16.6 Å². The van der Waals surface area contributed by atoms with Crippen molar-refractivity contribution in [2.75, 3.05) is 0 Å². The van der Waals surface area contributed by atoms with Crippen LogP contribution in [0.5, 0.6) is 0 Å². The lowest BCUT2D eigenvalue weighted by Crippen LogP contribution is -2.03. The highest BCUT2D eigenvalue weighted by molar-refractivity contribution is 6.15. The molecule has 0 aliphatic heterocycles. The minimum atomic E-state index is 0.105. The summed E-state index contributed by atoms with van der Waals surface area (Å²) in [6, 6.07) is 7.70. The van der Waals surface area contributed by atoms with E-state index in [1.54, 1.807) is 12.4 Å². The smallest absolute Gasteiger partial charge is 0.189 e. The third-order valence-corrected chi connectivity index (χ3v) is 2.95. The lowest BCUT2D eigenvalue weighted by molar-refractivity contribution is 0.103. The number of pyridine rings is 1. The van der Waals surface area contributed by atoms with Crippen LogP contribution in [0.1, 0.15) is 30.6 Å². The lowest BCUT2D eigenvalue weighted by Gasteiger charge is -2.06. The largest absolute Gasteiger partial charge is 0.289 e. The Morgan fingerprint density at radius 3 is 2.88 bits per heavy atom. The van der Waals surface area contributed by atoms with Crippen molar-refractivity contribution in [3.63, 3.8) is 0 Å². The maximum Gasteiger partial charge on any atom is 0.189 e. The number of rotatable bonds is 3. The molecule has 0 N–H and O–H groups in total. The van der Waals surface area contributed by atoms with Crippen molar-refractivity contribution in [1.82, 2.24) is 4.98 Å². The van der Waals surface area contributed by atoms with Crippen LogP contribution in [0.15, 0.2) is 48.3 Å². The predicted molar refractivity (Wildman–Crippen MR) is 70.1 cm³/mol. The normalized spacial score (nSPS) is 11.8. The first kappa shape index (κ1) is 11.5. The highest BCUT2D eigenvalue weighted by Gasteiger charge is 2.12. The highest BCUT2D eigenvalue weighted by atomic mass is 16.1. The lowest BCUT2D eigenvalue weighted by atomic mass is 9.97. The predicted octanol–water partition coefficient (Wildman–Crippen LogP) is 3.77. The Morgan fingerprint density at radius 2 is 2.18 bits per heavy atom. The molecule has 2 aromatic rings. The van der Waals surface area contributed by atoms with Gasteiger partial charge in [-0.05, 0) is 30.4 Å². The van der Waals surface area contributed by atoms with Crippen LogP contribution < -0.4 is 0 Å². The molecule has 1 heterocycles. The highest BCUT2D eigenvalue weighted by Crippen LogP contribution is 2.21. The number of allylic oxidation sites excluding steroid dienone is 2. The fraction of sp³-hybridized carbons (Fsp3) is 0.200. The van der Waals surface area contributed by atoms with Crippen molar-refractivity contribution in [1.29, 1.82) is 0 Å². The third kappa shape index (κ3) is 2.11. The van der Waals surface area contributed by atoms with Crippen molar-refractivity contribution < 1.29 is 4.79 Å². The first-order valence-corrected chi connectivity index (χ1v) is 5.80. The molecule has 0 radical (unpaired) electrons. The van der Waals surface area contributed by atoms with E-state index in [-0.39, 0.29) is 5.78 Å². The van der Waals surface area contributed by atoms with E-state index < -0.39 is 0 Å². The van der Waals surface area contributed by atoms with E-state index in [1.807, 2.05) is 44.2 Å². The van der Waals surface area contributed by atoms with Gasteiger partial charge in [0.1, 0.15) is 0 Å². The van der Waals surface area contributed by atoms with Gasteiger partial charge in [0.2, 0.25) is 0 Å². The van der Waals surface area contributed by atoms with Gasteiger partial charge in [-0.15, -0.1) is 0 Å². The second-order valence-corrected chi connectivity index (χ2v) is 3.90. The number of aromatic nitrogens is 1. The zero-order valence-electron chi connectivity index (χ0n) is 10.1. The number of benzene rings is 1. The molecule has 0 saturated carbocycles. The SMILES string of the molecule is C/C=C(/CC)C(=O)c1cccc2ccncc12. The fourth-order valence-corrected chi connectivity index (χ4v) is 1.98. The molecular weight excluding hydrogens is 210 g/mol. The second-order valence-electron chi connectivity index (χ2n) is 3.90. The molecule has 0 aliphatic rings. The summed E-state index contributed by atoms with van der Waals surface area (Å²) in [5.74, 6) is 0.105. The first-order chi connectivity index (χ1) is 8.27. The summed E-state index contributed by atoms with van der Waals surface area (Å²) in [6.45, 7) is 3.90. The summed E-state index contributed by atoms with van der Waals surface area (Å²) in [5, 5.41) is 1.98. The summed E-state index contributed by atoms with van der Waals surface area (Å²) in [4.78, 5) is 16.4. The summed E-state index contributed by atoms with van der Waals surface area (Å²) < 4.78 is 0. The summed E-state index contributed by atoms with van der Waals surface area (Å²) in [5.41, 5.74) is 1.59. The van der Waals surface area contributed by atoms with Gasteiger partial charge in [-0.3, -0.25) is 9.78 Å². The molecule has 0 amide bonds. The average Bonchev–Trinajstić information content (AvgIpc) is 2.39. The van der Waals surface area contributed by atoms with Crippen LogP contribution in [-0.4, -0.2) is 10.8 Å². The quantitative estimate of drug-likeness (QED) is 0.588. The van der Waals surface area contributed by atoms with E-state index in [4.69, 9.17) is 0 Å². The topological polar surface area (TPSA) is 30.0 Å². The molecular formula is C15H15NO. The van der Waals surface area contributed by atoms with E-state index in [9.17, 15) is 4.79 Å². The van der Waals surface area contributed by atoms with Gasteiger partial charge in [-0.1, -0.05) is 31.2 Å². The van der Waals surface area contributed by atoms with Crippen LogP contribution in [0.4, 0.5) is 0 Å². The van der Waals surface area contributed by atoms with Crippen molar-refractivity contribution in [2.24, 2.45) is 0 Å². The van der Waals surface area contributed by atoms with Gasteiger partial charge >= 0.3 is 0 Å². The summed E-state index contributed by atoms with van der Waals surface area (Å²) >= 11 is 0. The fourth-order valence-electron chi connectivity index (χ4n) is 1.98. The third-order valence-electron chi connectivity index (χ3n) is 2.95. The molecule has 0 atom stereocenters. The van der Waals surface area contributed by atoms with Gasteiger partial charge in [-0.2, -0.15) is 0 Å². The number of carbonyl (C=O) groups is 1. The Balaban J connectivity index is 2.60. The molecule has 0 saturated heterocycles. The molecule has 1 aromatic carbocycles. The Hall–Kier alpha value is -1.96. The maximum atomic E-state index is 12.3. The van der Waals surface area contributed by atoms with Gasteiger partial charge in [0.15, 0.2) is 5.78 Å². The molecule has 0 bridgehead atoms. The Labute approximate surface area is 101 Å². The second kappa shape index (κ2) is 4.91. The molecule has 2 rings (SSSR count). The number of Topliss-reactive ketones (excluding diaryl/α,β-unsaturated/α-hetero) is 1. The molecule has 1 aromatic heterocycles. The molecule has 0 aliphatic carbocycles. The Morgan fingerprint density at radius 1 is 1.35 bits per heavy atom. The van der Waals surface area contributed by atoms with Crippen LogP contribution in [0, 0.1) is 0 Å². The van der Waals surface area contributed by atoms with Gasteiger partial charge < -0.3 is 0 Å². The zero-order chi connectivity index (χ0) is 12.3. The van der Waals surface area contributed by atoms with E-state index in [2.05, 4.69) is 4.98 Å². The van der Waals surface area contributed by atoms with E-state index in [0.717, 1.165) is 28.3 Å². The average molecular weight is 225 g/mol. The van der Waals surface area contributed by atoms with E-state index in [1.165, 1.54) is 0 Å². The Bertz CT molecular complexity index is 579. The standard InChI is InChI=1S/C15H15NO/c1-3-11(4-2)15(17)13-7-5-6-12-8-9-16-10-14(12)13/h3,5-10H,4H2,1-2H3/b11-3-. The molecule has 86 valence electrons. The minimum Gasteiger partial charge on any atom is -0.289 e. The summed E-state index contributed by atoms with van der Waals surface area (Å²) in [7, 11) is 0. The summed E-state index contributed by atoms with van der Waals surface area (Å²) in [6.07, 6.45) is 6.14. The van der Waals surface area contributed by atoms with Crippen LogP contribution in [0.25, 0.3) is 10.8 Å². The monoisotopic (exact) mass is 225 g/mol. The number of ketones is 1. The number of carbonyl (C=O) groups excluding carboxylic acids is 1. The number of fused-ring (bicyclic) bond motifs is 1. The number of hydrogen-bond acceptors (Lipinski definition) is 2. The van der Waals surface area contributed by atoms with Gasteiger partial charge in [-0.25, -0.2) is 0 Å². The molecule has 17 heavy (non-hydrogen) atoms. The maximum absolute atomic E-state index is 12.3. The molecule has 0 unspecified atom stereocenters. The van der Waals surface area contributed by atoms with E-state index in [0.29, 0.717) is 0 Å². The van der Waals surface area contributed by atoms with Crippen molar-refractivity contribution in [3.8, 4) is 0 Å². The molecule has 2 nitrogen and oxygen atoms in total. The molecule has 0 spiro atoms. The van der Waals surface area contributed by atoms with Crippen LogP contribution in [0.2, 0.25) is 0 Å². The minimum absolute atomic E-state index is 0.105. The van der Waals surface area contributed by atoms with Gasteiger partial charge in [0.25, 0.3) is 0 Å². The van der Waals surface area contributed by atoms with Crippen LogP contribution in [-0.2, 0) is 0 Å². The number of nitrogens with zero attached hydrogens (tertiary/aromatic N) is 1.